The molecule has 0 atom stereocenters. The second kappa shape index (κ2) is 10.4. The van der Waals surface area contributed by atoms with Crippen LogP contribution in [-0.2, 0) is 24.3 Å². The van der Waals surface area contributed by atoms with Crippen molar-refractivity contribution < 1.29 is 9.53 Å². The number of aryl methyl sites for hydroxylation is 1. The molecule has 32 heavy (non-hydrogen) atoms. The van der Waals surface area contributed by atoms with Crippen LogP contribution in [-0.4, -0.2) is 17.1 Å². The van der Waals surface area contributed by atoms with Gasteiger partial charge in [-0.1, -0.05) is 60.1 Å². The van der Waals surface area contributed by atoms with Crippen molar-refractivity contribution >= 4 is 28.4 Å². The maximum atomic E-state index is 12.5. The number of amides is 1. The van der Waals surface area contributed by atoms with Gasteiger partial charge in [-0.25, -0.2) is 0 Å². The molecular weight excluding hydrogens is 420 g/mol. The van der Waals surface area contributed by atoms with Gasteiger partial charge in [-0.15, -0.1) is 0 Å². The van der Waals surface area contributed by atoms with Gasteiger partial charge in [0, 0.05) is 41.6 Å². The van der Waals surface area contributed by atoms with Crippen LogP contribution in [0.25, 0.3) is 10.9 Å². The average Bonchev–Trinajstić information content (AvgIpc) is 3.16. The number of fused-ring (bicyclic) bond motifs is 1. The number of halogens is 1. The predicted octanol–water partition coefficient (Wildman–Crippen LogP) is 5.99. The Bertz CT molecular complexity index is 1200. The molecular formula is C27H27ClN2O2. The van der Waals surface area contributed by atoms with Gasteiger partial charge in [0.25, 0.3) is 0 Å². The van der Waals surface area contributed by atoms with E-state index in [4.69, 9.17) is 16.3 Å². The summed E-state index contributed by atoms with van der Waals surface area (Å²) in [6.45, 7) is 3.82. The number of para-hydroxylation sites is 1. The fourth-order valence-corrected chi connectivity index (χ4v) is 4.07. The van der Waals surface area contributed by atoms with Gasteiger partial charge in [0.05, 0.1) is 6.61 Å². The predicted molar refractivity (Wildman–Crippen MR) is 130 cm³/mol. The molecule has 0 bridgehead atoms. The van der Waals surface area contributed by atoms with Crippen molar-refractivity contribution in [2.75, 3.05) is 6.61 Å². The highest BCUT2D eigenvalue weighted by Gasteiger charge is 2.11. The van der Waals surface area contributed by atoms with E-state index in [0.717, 1.165) is 27.4 Å². The van der Waals surface area contributed by atoms with Gasteiger partial charge in [0.2, 0.25) is 5.91 Å². The largest absolute Gasteiger partial charge is 0.494 e. The van der Waals surface area contributed by atoms with Crippen LogP contribution >= 0.6 is 11.6 Å². The van der Waals surface area contributed by atoms with Gasteiger partial charge in [0.1, 0.15) is 5.75 Å². The minimum absolute atomic E-state index is 0.0434. The molecule has 0 unspecified atom stereocenters. The fraction of sp³-hybridized carbons (Fsp3) is 0.222. The van der Waals surface area contributed by atoms with Crippen LogP contribution in [0.5, 0.6) is 5.75 Å². The summed E-state index contributed by atoms with van der Waals surface area (Å²) in [7, 11) is 0. The second-order valence-electron chi connectivity index (χ2n) is 7.74. The van der Waals surface area contributed by atoms with Crippen molar-refractivity contribution in [1.29, 1.82) is 0 Å². The summed E-state index contributed by atoms with van der Waals surface area (Å²) < 4.78 is 7.67. The number of carbonyl (C=O) groups is 1. The first kappa shape index (κ1) is 22.0. The summed E-state index contributed by atoms with van der Waals surface area (Å²) in [5.74, 6) is 0.887. The van der Waals surface area contributed by atoms with Crippen molar-refractivity contribution in [1.82, 2.24) is 9.88 Å². The second-order valence-corrected chi connectivity index (χ2v) is 8.15. The van der Waals surface area contributed by atoms with Crippen LogP contribution in [0.1, 0.15) is 30.0 Å². The minimum atomic E-state index is 0.0434. The smallest absolute Gasteiger partial charge is 0.220 e. The molecule has 164 valence electrons. The number of benzene rings is 3. The summed E-state index contributed by atoms with van der Waals surface area (Å²) in [6.07, 6.45) is 3.27. The topological polar surface area (TPSA) is 43.3 Å². The molecule has 0 saturated heterocycles. The Kier molecular flexibility index (Phi) is 7.13. The van der Waals surface area contributed by atoms with Crippen molar-refractivity contribution in [2.45, 2.75) is 32.9 Å². The normalized spacial score (nSPS) is 10.9. The zero-order chi connectivity index (χ0) is 22.3. The van der Waals surface area contributed by atoms with Gasteiger partial charge in [0.15, 0.2) is 0 Å². The third kappa shape index (κ3) is 5.32. The van der Waals surface area contributed by atoms with E-state index in [9.17, 15) is 4.79 Å². The number of hydrogen-bond acceptors (Lipinski definition) is 2. The van der Waals surface area contributed by atoms with E-state index in [2.05, 4.69) is 28.2 Å². The lowest BCUT2D eigenvalue weighted by molar-refractivity contribution is -0.121. The Morgan fingerprint density at radius 2 is 1.72 bits per heavy atom. The zero-order valence-corrected chi connectivity index (χ0v) is 18.9. The number of nitrogens with zero attached hydrogens (tertiary/aromatic N) is 1. The SMILES string of the molecule is CCOc1ccc(CNC(=O)CCc2cn(Cc3ccccc3Cl)c3ccccc23)cc1. The molecule has 1 aromatic heterocycles. The Hall–Kier alpha value is -3.24. The highest BCUT2D eigenvalue weighted by molar-refractivity contribution is 6.31. The maximum absolute atomic E-state index is 12.5. The fourth-order valence-electron chi connectivity index (χ4n) is 3.87. The first-order chi connectivity index (χ1) is 15.6. The molecule has 0 spiro atoms. The van der Waals surface area contributed by atoms with Crippen molar-refractivity contribution in [3.8, 4) is 5.75 Å². The van der Waals surface area contributed by atoms with Crippen LogP contribution in [0.15, 0.2) is 79.0 Å². The zero-order valence-electron chi connectivity index (χ0n) is 18.2. The number of aromatic nitrogens is 1. The molecule has 0 aliphatic rings. The van der Waals surface area contributed by atoms with E-state index < -0.39 is 0 Å². The molecule has 0 saturated carbocycles. The number of carbonyl (C=O) groups excluding carboxylic acids is 1. The molecule has 5 heteroatoms. The average molecular weight is 447 g/mol. The minimum Gasteiger partial charge on any atom is -0.494 e. The highest BCUT2D eigenvalue weighted by Crippen LogP contribution is 2.25. The maximum Gasteiger partial charge on any atom is 0.220 e. The van der Waals surface area contributed by atoms with E-state index in [1.165, 1.54) is 10.9 Å². The molecule has 1 heterocycles. The number of ether oxygens (including phenoxy) is 1. The molecule has 0 aliphatic carbocycles. The van der Waals surface area contributed by atoms with E-state index >= 15 is 0 Å². The molecule has 1 amide bonds. The van der Waals surface area contributed by atoms with E-state index in [1.807, 2.05) is 67.6 Å². The number of nitrogens with one attached hydrogen (secondary N) is 1. The molecule has 0 radical (unpaired) electrons. The van der Waals surface area contributed by atoms with Crippen LogP contribution in [0.3, 0.4) is 0 Å². The summed E-state index contributed by atoms with van der Waals surface area (Å²) >= 11 is 6.37. The van der Waals surface area contributed by atoms with Crippen molar-refractivity contribution in [3.63, 3.8) is 0 Å². The van der Waals surface area contributed by atoms with Gasteiger partial charge < -0.3 is 14.6 Å². The van der Waals surface area contributed by atoms with Gasteiger partial charge in [-0.2, -0.15) is 0 Å². The molecule has 0 fully saturated rings. The van der Waals surface area contributed by atoms with E-state index in [-0.39, 0.29) is 5.91 Å². The molecule has 4 aromatic rings. The lowest BCUT2D eigenvalue weighted by Crippen LogP contribution is -2.22. The summed E-state index contributed by atoms with van der Waals surface area (Å²) in [5, 5.41) is 4.96. The first-order valence-corrected chi connectivity index (χ1v) is 11.3. The lowest BCUT2D eigenvalue weighted by atomic mass is 10.1. The van der Waals surface area contributed by atoms with Crippen molar-refractivity contribution in [3.05, 3.63) is 101 Å². The van der Waals surface area contributed by atoms with Crippen molar-refractivity contribution in [2.24, 2.45) is 0 Å². The highest BCUT2D eigenvalue weighted by atomic mass is 35.5. The van der Waals surface area contributed by atoms with Crippen LogP contribution in [0, 0.1) is 0 Å². The summed E-state index contributed by atoms with van der Waals surface area (Å²) in [5.41, 5.74) is 4.45. The molecule has 3 aromatic carbocycles. The quantitative estimate of drug-likeness (QED) is 0.343. The van der Waals surface area contributed by atoms with E-state index in [0.29, 0.717) is 32.5 Å². The molecule has 4 rings (SSSR count). The standard InChI is InChI=1S/C27H27ClN2O2/c1-2-32-23-14-11-20(12-15-23)17-29-27(31)16-13-21-18-30(26-10-6-4-8-24(21)26)19-22-7-3-5-9-25(22)28/h3-12,14-15,18H,2,13,16-17,19H2,1H3,(H,29,31). The molecule has 4 nitrogen and oxygen atoms in total. The Morgan fingerprint density at radius 1 is 0.969 bits per heavy atom. The first-order valence-electron chi connectivity index (χ1n) is 10.9. The van der Waals surface area contributed by atoms with Crippen LogP contribution in [0.2, 0.25) is 5.02 Å². The monoisotopic (exact) mass is 446 g/mol. The Balaban J connectivity index is 1.39. The van der Waals surface area contributed by atoms with E-state index in [1.54, 1.807) is 0 Å². The Labute approximate surface area is 193 Å². The molecule has 1 N–H and O–H groups in total. The van der Waals surface area contributed by atoms with Gasteiger partial charge >= 0.3 is 0 Å². The van der Waals surface area contributed by atoms with Crippen LogP contribution in [0.4, 0.5) is 0 Å². The number of rotatable bonds is 9. The lowest BCUT2D eigenvalue weighted by Gasteiger charge is -2.07. The molecule has 0 aliphatic heterocycles. The van der Waals surface area contributed by atoms with Crippen LogP contribution < -0.4 is 10.1 Å². The van der Waals surface area contributed by atoms with Gasteiger partial charge in [-0.3, -0.25) is 4.79 Å². The summed E-state index contributed by atoms with van der Waals surface area (Å²) in [4.78, 5) is 12.5. The third-order valence-corrected chi connectivity index (χ3v) is 5.88. The summed E-state index contributed by atoms with van der Waals surface area (Å²) in [6, 6.07) is 24.0. The third-order valence-electron chi connectivity index (χ3n) is 5.52. The van der Waals surface area contributed by atoms with Gasteiger partial charge in [-0.05, 0) is 54.3 Å². The Morgan fingerprint density at radius 3 is 2.50 bits per heavy atom. The number of hydrogen-bond donors (Lipinski definition) is 1.